The van der Waals surface area contributed by atoms with Gasteiger partial charge in [-0.15, -0.1) is 10.2 Å². The Morgan fingerprint density at radius 1 is 1.30 bits per heavy atom. The van der Waals surface area contributed by atoms with E-state index in [4.69, 9.17) is 0 Å². The second-order valence-electron chi connectivity index (χ2n) is 4.55. The summed E-state index contributed by atoms with van der Waals surface area (Å²) in [7, 11) is 0. The van der Waals surface area contributed by atoms with E-state index in [-0.39, 0.29) is 5.91 Å². The SMILES string of the molecule is Cc1ccc(C)c(NC(=O)CCSc2nnc(C)s2)c1. The Hall–Kier alpha value is -1.40. The van der Waals surface area contributed by atoms with Crippen LogP contribution in [-0.4, -0.2) is 21.9 Å². The first-order valence-electron chi connectivity index (χ1n) is 6.34. The molecule has 1 aromatic heterocycles. The zero-order chi connectivity index (χ0) is 14.5. The van der Waals surface area contributed by atoms with Crippen molar-refractivity contribution in [1.82, 2.24) is 10.2 Å². The van der Waals surface area contributed by atoms with Crippen LogP contribution in [0.3, 0.4) is 0 Å². The van der Waals surface area contributed by atoms with Gasteiger partial charge < -0.3 is 5.32 Å². The molecule has 0 atom stereocenters. The van der Waals surface area contributed by atoms with Crippen molar-refractivity contribution in [2.24, 2.45) is 0 Å². The number of carbonyl (C=O) groups excluding carboxylic acids is 1. The van der Waals surface area contributed by atoms with Gasteiger partial charge in [-0.25, -0.2) is 0 Å². The lowest BCUT2D eigenvalue weighted by molar-refractivity contribution is -0.115. The quantitative estimate of drug-likeness (QED) is 0.858. The van der Waals surface area contributed by atoms with Crippen LogP contribution in [0, 0.1) is 20.8 Å². The number of aryl methyl sites for hydroxylation is 3. The fourth-order valence-corrected chi connectivity index (χ4v) is 3.48. The van der Waals surface area contributed by atoms with Crippen molar-refractivity contribution >= 4 is 34.7 Å². The van der Waals surface area contributed by atoms with E-state index in [1.165, 1.54) is 0 Å². The molecule has 2 rings (SSSR count). The zero-order valence-electron chi connectivity index (χ0n) is 11.8. The number of hydrogen-bond donors (Lipinski definition) is 1. The van der Waals surface area contributed by atoms with Crippen LogP contribution in [0.25, 0.3) is 0 Å². The number of anilines is 1. The molecule has 20 heavy (non-hydrogen) atoms. The first-order valence-corrected chi connectivity index (χ1v) is 8.15. The van der Waals surface area contributed by atoms with Gasteiger partial charge in [-0.3, -0.25) is 4.79 Å². The molecule has 1 N–H and O–H groups in total. The average molecular weight is 307 g/mol. The normalized spacial score (nSPS) is 10.6. The minimum Gasteiger partial charge on any atom is -0.326 e. The summed E-state index contributed by atoms with van der Waals surface area (Å²) in [6.45, 7) is 5.94. The minimum atomic E-state index is 0.0347. The Balaban J connectivity index is 1.82. The summed E-state index contributed by atoms with van der Waals surface area (Å²) in [5.74, 6) is 0.748. The maximum absolute atomic E-state index is 11.9. The average Bonchev–Trinajstić information content (AvgIpc) is 2.80. The van der Waals surface area contributed by atoms with Crippen molar-refractivity contribution in [2.75, 3.05) is 11.1 Å². The van der Waals surface area contributed by atoms with E-state index < -0.39 is 0 Å². The molecule has 0 bridgehead atoms. The number of thioether (sulfide) groups is 1. The topological polar surface area (TPSA) is 54.9 Å². The first kappa shape index (κ1) is 15.0. The van der Waals surface area contributed by atoms with E-state index in [9.17, 15) is 4.79 Å². The standard InChI is InChI=1S/C14H17N3OS2/c1-9-4-5-10(2)12(8-9)15-13(18)6-7-19-14-17-16-11(3)20-14/h4-5,8H,6-7H2,1-3H3,(H,15,18). The molecule has 0 spiro atoms. The van der Waals surface area contributed by atoms with Crippen molar-refractivity contribution in [2.45, 2.75) is 31.5 Å². The molecule has 0 aliphatic carbocycles. The second-order valence-corrected chi connectivity index (χ2v) is 7.08. The molecule has 0 radical (unpaired) electrons. The van der Waals surface area contributed by atoms with Crippen molar-refractivity contribution in [1.29, 1.82) is 0 Å². The van der Waals surface area contributed by atoms with E-state index in [1.54, 1.807) is 23.1 Å². The summed E-state index contributed by atoms with van der Waals surface area (Å²) in [6, 6.07) is 6.05. The molecule has 1 amide bonds. The zero-order valence-corrected chi connectivity index (χ0v) is 13.4. The molecule has 4 nitrogen and oxygen atoms in total. The van der Waals surface area contributed by atoms with Gasteiger partial charge in [0.2, 0.25) is 5.91 Å². The third kappa shape index (κ3) is 4.31. The van der Waals surface area contributed by atoms with Crippen LogP contribution >= 0.6 is 23.1 Å². The summed E-state index contributed by atoms with van der Waals surface area (Å²) in [6.07, 6.45) is 0.469. The molecule has 0 aliphatic heterocycles. The largest absolute Gasteiger partial charge is 0.326 e. The summed E-state index contributed by atoms with van der Waals surface area (Å²) >= 11 is 3.13. The number of rotatable bonds is 5. The van der Waals surface area contributed by atoms with Gasteiger partial charge in [0.15, 0.2) is 4.34 Å². The van der Waals surface area contributed by atoms with E-state index >= 15 is 0 Å². The fraction of sp³-hybridized carbons (Fsp3) is 0.357. The van der Waals surface area contributed by atoms with Crippen molar-refractivity contribution < 1.29 is 4.79 Å². The van der Waals surface area contributed by atoms with E-state index in [0.29, 0.717) is 12.2 Å². The molecule has 1 heterocycles. The first-order chi connectivity index (χ1) is 9.54. The maximum atomic E-state index is 11.9. The summed E-state index contributed by atoms with van der Waals surface area (Å²) < 4.78 is 0.919. The van der Waals surface area contributed by atoms with Gasteiger partial charge in [-0.2, -0.15) is 0 Å². The molecule has 1 aromatic carbocycles. The lowest BCUT2D eigenvalue weighted by Gasteiger charge is -2.08. The maximum Gasteiger partial charge on any atom is 0.225 e. The second kappa shape index (κ2) is 6.85. The molecule has 6 heteroatoms. The summed E-state index contributed by atoms with van der Waals surface area (Å²) in [5, 5.41) is 11.9. The lowest BCUT2D eigenvalue weighted by Crippen LogP contribution is -2.13. The molecule has 0 saturated heterocycles. The number of carbonyl (C=O) groups is 1. The molecule has 0 unspecified atom stereocenters. The highest BCUT2D eigenvalue weighted by Crippen LogP contribution is 2.23. The number of hydrogen-bond acceptors (Lipinski definition) is 5. The molecular weight excluding hydrogens is 290 g/mol. The number of nitrogens with one attached hydrogen (secondary N) is 1. The predicted molar refractivity (Wildman–Crippen MR) is 84.5 cm³/mol. The summed E-state index contributed by atoms with van der Waals surface area (Å²) in [5.41, 5.74) is 3.12. The Bertz CT molecular complexity index is 610. The van der Waals surface area contributed by atoms with E-state index in [0.717, 1.165) is 26.2 Å². The molecule has 0 saturated carbocycles. The van der Waals surface area contributed by atoms with Crippen LogP contribution < -0.4 is 5.32 Å². The van der Waals surface area contributed by atoms with Gasteiger partial charge >= 0.3 is 0 Å². The minimum absolute atomic E-state index is 0.0347. The van der Waals surface area contributed by atoms with Crippen LogP contribution in [0.4, 0.5) is 5.69 Å². The lowest BCUT2D eigenvalue weighted by atomic mass is 10.1. The molecule has 0 fully saturated rings. The van der Waals surface area contributed by atoms with Crippen molar-refractivity contribution in [3.8, 4) is 0 Å². The fourth-order valence-electron chi connectivity index (χ4n) is 1.65. The molecule has 2 aromatic rings. The Morgan fingerprint density at radius 2 is 2.10 bits per heavy atom. The van der Waals surface area contributed by atoms with Crippen LogP contribution in [0.2, 0.25) is 0 Å². The highest BCUT2D eigenvalue weighted by Gasteiger charge is 2.07. The van der Waals surface area contributed by atoms with Crippen LogP contribution in [0.5, 0.6) is 0 Å². The highest BCUT2D eigenvalue weighted by molar-refractivity contribution is 8.01. The molecular formula is C14H17N3OS2. The number of amides is 1. The highest BCUT2D eigenvalue weighted by atomic mass is 32.2. The van der Waals surface area contributed by atoms with Gasteiger partial charge in [0.05, 0.1) is 0 Å². The van der Waals surface area contributed by atoms with E-state index in [2.05, 4.69) is 15.5 Å². The predicted octanol–water partition coefficient (Wildman–Crippen LogP) is 3.58. The van der Waals surface area contributed by atoms with Gasteiger partial charge in [-0.05, 0) is 38.0 Å². The number of benzene rings is 1. The molecule has 106 valence electrons. The Kier molecular flexibility index (Phi) is 5.14. The van der Waals surface area contributed by atoms with Gasteiger partial charge in [-0.1, -0.05) is 35.2 Å². The van der Waals surface area contributed by atoms with Crippen molar-refractivity contribution in [3.63, 3.8) is 0 Å². The third-order valence-corrected chi connectivity index (χ3v) is 4.70. The van der Waals surface area contributed by atoms with Gasteiger partial charge in [0, 0.05) is 17.9 Å². The number of aromatic nitrogens is 2. The van der Waals surface area contributed by atoms with Crippen LogP contribution in [0.15, 0.2) is 22.5 Å². The van der Waals surface area contributed by atoms with Gasteiger partial charge in [0.25, 0.3) is 0 Å². The van der Waals surface area contributed by atoms with Crippen molar-refractivity contribution in [3.05, 3.63) is 34.3 Å². The van der Waals surface area contributed by atoms with Crippen LogP contribution in [0.1, 0.15) is 22.6 Å². The Labute approximate surface area is 127 Å². The third-order valence-electron chi connectivity index (χ3n) is 2.73. The van der Waals surface area contributed by atoms with E-state index in [1.807, 2.05) is 39.0 Å². The Morgan fingerprint density at radius 3 is 2.80 bits per heavy atom. The summed E-state index contributed by atoms with van der Waals surface area (Å²) in [4.78, 5) is 11.9. The van der Waals surface area contributed by atoms with Crippen LogP contribution in [-0.2, 0) is 4.79 Å². The smallest absolute Gasteiger partial charge is 0.225 e. The van der Waals surface area contributed by atoms with Gasteiger partial charge in [0.1, 0.15) is 5.01 Å². The molecule has 0 aliphatic rings. The monoisotopic (exact) mass is 307 g/mol. The number of nitrogens with zero attached hydrogens (tertiary/aromatic N) is 2.